The van der Waals surface area contributed by atoms with Gasteiger partial charge in [0.15, 0.2) is 0 Å². The number of aryl methyl sites for hydroxylation is 1. The number of esters is 1. The Morgan fingerprint density at radius 3 is 2.60 bits per heavy atom. The molecule has 2 heterocycles. The maximum atomic E-state index is 12.5. The highest BCUT2D eigenvalue weighted by Crippen LogP contribution is 2.29. The lowest BCUT2D eigenvalue weighted by atomic mass is 9.95. The van der Waals surface area contributed by atoms with E-state index in [1.807, 2.05) is 18.2 Å². The number of carbonyl (C=O) groups excluding carboxylic acids is 1. The molecular weight excluding hydrogens is 316 g/mol. The first-order valence-corrected chi connectivity index (χ1v) is 9.33. The number of morpholine rings is 1. The van der Waals surface area contributed by atoms with Crippen LogP contribution in [-0.2, 0) is 14.3 Å². The van der Waals surface area contributed by atoms with E-state index in [4.69, 9.17) is 9.47 Å². The predicted molar refractivity (Wildman–Crippen MR) is 97.5 cm³/mol. The topological polar surface area (TPSA) is 42.0 Å². The molecule has 0 spiro atoms. The largest absolute Gasteiger partial charge is 0.468 e. The van der Waals surface area contributed by atoms with Crippen LogP contribution in [0.4, 0.5) is 0 Å². The highest BCUT2D eigenvalue weighted by Gasteiger charge is 2.34. The molecule has 2 atom stereocenters. The molecule has 2 saturated heterocycles. The van der Waals surface area contributed by atoms with E-state index in [0.29, 0.717) is 12.1 Å². The zero-order valence-corrected chi connectivity index (χ0v) is 15.6. The average molecular weight is 346 g/mol. The van der Waals surface area contributed by atoms with Gasteiger partial charge in [-0.25, -0.2) is 4.79 Å². The number of rotatable bonds is 4. The van der Waals surface area contributed by atoms with Gasteiger partial charge in [0, 0.05) is 32.2 Å². The number of benzene rings is 1. The number of ether oxygens (including phenoxy) is 2. The molecule has 0 radical (unpaired) electrons. The fraction of sp³-hybridized carbons (Fsp3) is 0.650. The summed E-state index contributed by atoms with van der Waals surface area (Å²) in [6.07, 6.45) is 2.50. The van der Waals surface area contributed by atoms with Crippen molar-refractivity contribution < 1.29 is 14.3 Å². The molecule has 0 unspecified atom stereocenters. The van der Waals surface area contributed by atoms with E-state index in [-0.39, 0.29) is 12.0 Å². The first-order chi connectivity index (χ1) is 12.1. The molecule has 5 nitrogen and oxygen atoms in total. The van der Waals surface area contributed by atoms with Gasteiger partial charge < -0.3 is 9.47 Å². The van der Waals surface area contributed by atoms with E-state index in [1.54, 1.807) is 0 Å². The lowest BCUT2D eigenvalue weighted by Gasteiger charge is -2.43. The molecule has 138 valence electrons. The zero-order chi connectivity index (χ0) is 17.8. The Bertz CT molecular complexity index is 584. The first kappa shape index (κ1) is 18.4. The standard InChI is InChI=1S/C20H30N2O3/c1-15-6-4-5-7-18(15)19(20(23)24-3)21-10-8-17(9-11-21)22-12-13-25-16(2)14-22/h4-7,16-17,19H,8-14H2,1-3H3/t16-,19-/m0/s1. The minimum absolute atomic E-state index is 0.159. The van der Waals surface area contributed by atoms with Crippen LogP contribution in [0, 0.1) is 6.92 Å². The van der Waals surface area contributed by atoms with Crippen LogP contribution < -0.4 is 0 Å². The summed E-state index contributed by atoms with van der Waals surface area (Å²) in [5.74, 6) is -0.159. The molecule has 1 aromatic rings. The second-order valence-corrected chi connectivity index (χ2v) is 7.23. The third kappa shape index (κ3) is 4.22. The van der Waals surface area contributed by atoms with Crippen LogP contribution >= 0.6 is 0 Å². The van der Waals surface area contributed by atoms with Gasteiger partial charge in [0.25, 0.3) is 0 Å². The van der Waals surface area contributed by atoms with Gasteiger partial charge in [0.05, 0.1) is 19.8 Å². The van der Waals surface area contributed by atoms with E-state index in [9.17, 15) is 4.79 Å². The van der Waals surface area contributed by atoms with Crippen LogP contribution in [0.2, 0.25) is 0 Å². The van der Waals surface area contributed by atoms with Crippen molar-refractivity contribution in [2.24, 2.45) is 0 Å². The normalized spacial score (nSPS) is 24.8. The number of hydrogen-bond donors (Lipinski definition) is 0. The molecule has 25 heavy (non-hydrogen) atoms. The lowest BCUT2D eigenvalue weighted by Crippen LogP contribution is -2.52. The summed E-state index contributed by atoms with van der Waals surface area (Å²) < 4.78 is 10.8. The Morgan fingerprint density at radius 1 is 1.24 bits per heavy atom. The number of methoxy groups -OCH3 is 1. The van der Waals surface area contributed by atoms with Crippen LogP contribution in [0.5, 0.6) is 0 Å². The van der Waals surface area contributed by atoms with Crippen molar-refractivity contribution in [3.05, 3.63) is 35.4 Å². The molecule has 0 amide bonds. The molecule has 2 fully saturated rings. The third-order valence-corrected chi connectivity index (χ3v) is 5.56. The van der Waals surface area contributed by atoms with Gasteiger partial charge in [0.2, 0.25) is 0 Å². The third-order valence-electron chi connectivity index (χ3n) is 5.56. The van der Waals surface area contributed by atoms with Crippen LogP contribution in [0.25, 0.3) is 0 Å². The van der Waals surface area contributed by atoms with Gasteiger partial charge in [-0.05, 0) is 37.8 Å². The van der Waals surface area contributed by atoms with Crippen LogP contribution in [0.3, 0.4) is 0 Å². The van der Waals surface area contributed by atoms with E-state index in [1.165, 1.54) is 7.11 Å². The van der Waals surface area contributed by atoms with Gasteiger partial charge in [0.1, 0.15) is 6.04 Å². The van der Waals surface area contributed by atoms with Gasteiger partial charge in [-0.3, -0.25) is 9.80 Å². The number of nitrogens with zero attached hydrogens (tertiary/aromatic N) is 2. The average Bonchev–Trinajstić information content (AvgIpc) is 2.64. The van der Waals surface area contributed by atoms with Crippen molar-refractivity contribution in [3.63, 3.8) is 0 Å². The lowest BCUT2D eigenvalue weighted by molar-refractivity contribution is -0.148. The SMILES string of the molecule is COC(=O)[C@H](c1ccccc1C)N1CCC(N2CCO[C@@H](C)C2)CC1. The molecule has 2 aliphatic rings. The van der Waals surface area contributed by atoms with Crippen molar-refractivity contribution in [2.45, 2.75) is 44.9 Å². The van der Waals surface area contributed by atoms with E-state index < -0.39 is 0 Å². The van der Waals surface area contributed by atoms with Crippen molar-refractivity contribution in [1.82, 2.24) is 9.80 Å². The second-order valence-electron chi connectivity index (χ2n) is 7.23. The number of carbonyl (C=O) groups is 1. The van der Waals surface area contributed by atoms with Crippen molar-refractivity contribution in [3.8, 4) is 0 Å². The number of likely N-dealkylation sites (tertiary alicyclic amines) is 1. The highest BCUT2D eigenvalue weighted by atomic mass is 16.5. The first-order valence-electron chi connectivity index (χ1n) is 9.33. The van der Waals surface area contributed by atoms with Crippen LogP contribution in [-0.4, -0.2) is 67.8 Å². The van der Waals surface area contributed by atoms with Gasteiger partial charge in [-0.15, -0.1) is 0 Å². The van der Waals surface area contributed by atoms with E-state index in [2.05, 4.69) is 29.7 Å². The summed E-state index contributed by atoms with van der Waals surface area (Å²) in [6, 6.07) is 8.42. The van der Waals surface area contributed by atoms with Crippen molar-refractivity contribution in [2.75, 3.05) is 39.9 Å². The zero-order valence-electron chi connectivity index (χ0n) is 15.6. The molecule has 1 aromatic carbocycles. The molecule has 0 saturated carbocycles. The molecular formula is C20H30N2O3. The Hall–Kier alpha value is -1.43. The van der Waals surface area contributed by atoms with Gasteiger partial charge in [-0.2, -0.15) is 0 Å². The van der Waals surface area contributed by atoms with E-state index >= 15 is 0 Å². The van der Waals surface area contributed by atoms with Crippen molar-refractivity contribution in [1.29, 1.82) is 0 Å². The summed E-state index contributed by atoms with van der Waals surface area (Å²) in [5, 5.41) is 0. The quantitative estimate of drug-likeness (QED) is 0.783. The molecule has 0 aromatic heterocycles. The van der Waals surface area contributed by atoms with Crippen molar-refractivity contribution >= 4 is 5.97 Å². The summed E-state index contributed by atoms with van der Waals surface area (Å²) in [6.45, 7) is 8.92. The van der Waals surface area contributed by atoms with Gasteiger partial charge in [-0.1, -0.05) is 24.3 Å². The van der Waals surface area contributed by atoms with E-state index in [0.717, 1.165) is 56.8 Å². The van der Waals surface area contributed by atoms with Crippen LogP contribution in [0.15, 0.2) is 24.3 Å². The highest BCUT2D eigenvalue weighted by molar-refractivity contribution is 5.78. The molecule has 5 heteroatoms. The smallest absolute Gasteiger partial charge is 0.327 e. The minimum Gasteiger partial charge on any atom is -0.468 e. The number of piperidine rings is 1. The summed E-state index contributed by atoms with van der Waals surface area (Å²) in [5.41, 5.74) is 2.20. The molecule has 2 aliphatic heterocycles. The summed E-state index contributed by atoms with van der Waals surface area (Å²) in [4.78, 5) is 17.3. The Balaban J connectivity index is 1.68. The second kappa shape index (κ2) is 8.30. The summed E-state index contributed by atoms with van der Waals surface area (Å²) >= 11 is 0. The maximum Gasteiger partial charge on any atom is 0.327 e. The van der Waals surface area contributed by atoms with Crippen LogP contribution in [0.1, 0.15) is 36.9 Å². The Kier molecular flexibility index (Phi) is 6.10. The maximum absolute atomic E-state index is 12.5. The molecule has 0 bridgehead atoms. The Labute approximate surface area is 150 Å². The fourth-order valence-electron chi connectivity index (χ4n) is 4.16. The monoisotopic (exact) mass is 346 g/mol. The molecule has 0 N–H and O–H groups in total. The molecule has 3 rings (SSSR count). The minimum atomic E-state index is -0.296. The van der Waals surface area contributed by atoms with Gasteiger partial charge >= 0.3 is 5.97 Å². The number of hydrogen-bond acceptors (Lipinski definition) is 5. The molecule has 0 aliphatic carbocycles. The summed E-state index contributed by atoms with van der Waals surface area (Å²) in [7, 11) is 1.48. The Morgan fingerprint density at radius 2 is 1.96 bits per heavy atom. The fourth-order valence-corrected chi connectivity index (χ4v) is 4.16. The predicted octanol–water partition coefficient (Wildman–Crippen LogP) is 2.39.